The molecule has 0 radical (unpaired) electrons. The molecule has 0 aliphatic carbocycles. The maximum Gasteiger partial charge on any atom is 0.236 e. The van der Waals surface area contributed by atoms with Crippen LogP contribution < -0.4 is 10.6 Å². The van der Waals surface area contributed by atoms with Crippen molar-refractivity contribution in [1.29, 1.82) is 0 Å². The van der Waals surface area contributed by atoms with Crippen molar-refractivity contribution in [2.24, 2.45) is 7.05 Å². The Balaban J connectivity index is 2.12. The summed E-state index contributed by atoms with van der Waals surface area (Å²) in [5.74, 6) is 0.0251. The Kier molecular flexibility index (Phi) is 7.14. The number of aromatic nitrogens is 2. The zero-order valence-electron chi connectivity index (χ0n) is 12.0. The van der Waals surface area contributed by atoms with Gasteiger partial charge in [0.1, 0.15) is 0 Å². The molecule has 1 atom stereocenters. The predicted molar refractivity (Wildman–Crippen MR) is 73.9 cm³/mol. The van der Waals surface area contributed by atoms with Crippen molar-refractivity contribution in [2.45, 2.75) is 25.8 Å². The molecule has 0 fully saturated rings. The SMILES string of the molecule is COCCCNC(=O)C(C)NCCc1ccn(C)n1. The minimum Gasteiger partial charge on any atom is -0.385 e. The van der Waals surface area contributed by atoms with Crippen molar-refractivity contribution in [3.8, 4) is 0 Å². The van der Waals surface area contributed by atoms with Gasteiger partial charge in [0.2, 0.25) is 5.91 Å². The molecule has 0 bridgehead atoms. The second-order valence-corrected chi connectivity index (χ2v) is 4.54. The molecule has 0 aliphatic rings. The third kappa shape index (κ3) is 6.35. The number of rotatable bonds is 9. The van der Waals surface area contributed by atoms with Gasteiger partial charge < -0.3 is 15.4 Å². The zero-order chi connectivity index (χ0) is 14.1. The average Bonchev–Trinajstić information content (AvgIpc) is 2.80. The van der Waals surface area contributed by atoms with E-state index in [0.717, 1.165) is 25.1 Å². The number of carbonyl (C=O) groups is 1. The summed E-state index contributed by atoms with van der Waals surface area (Å²) in [4.78, 5) is 11.7. The van der Waals surface area contributed by atoms with Gasteiger partial charge in [-0.2, -0.15) is 5.10 Å². The second kappa shape index (κ2) is 8.66. The summed E-state index contributed by atoms with van der Waals surface area (Å²) in [6, 6.07) is 1.79. The van der Waals surface area contributed by atoms with Gasteiger partial charge in [-0.3, -0.25) is 9.48 Å². The fraction of sp³-hybridized carbons (Fsp3) is 0.692. The molecule has 2 N–H and O–H groups in total. The number of amides is 1. The maximum absolute atomic E-state index is 11.7. The summed E-state index contributed by atoms with van der Waals surface area (Å²) in [5.41, 5.74) is 1.03. The number of aryl methyl sites for hydroxylation is 1. The Hall–Kier alpha value is -1.40. The molecule has 1 unspecified atom stereocenters. The second-order valence-electron chi connectivity index (χ2n) is 4.54. The van der Waals surface area contributed by atoms with Gasteiger partial charge in [-0.05, 0) is 19.4 Å². The highest BCUT2D eigenvalue weighted by Gasteiger charge is 2.11. The predicted octanol–water partition coefficient (Wildman–Crippen LogP) is 0.0934. The summed E-state index contributed by atoms with van der Waals surface area (Å²) >= 11 is 0. The third-order valence-electron chi connectivity index (χ3n) is 2.82. The third-order valence-corrected chi connectivity index (χ3v) is 2.82. The number of nitrogens with zero attached hydrogens (tertiary/aromatic N) is 2. The van der Waals surface area contributed by atoms with Gasteiger partial charge in [0.05, 0.1) is 11.7 Å². The summed E-state index contributed by atoms with van der Waals surface area (Å²) in [6.07, 6.45) is 3.58. The van der Waals surface area contributed by atoms with E-state index in [9.17, 15) is 4.79 Å². The van der Waals surface area contributed by atoms with Crippen molar-refractivity contribution in [2.75, 3.05) is 26.8 Å². The molecule has 19 heavy (non-hydrogen) atoms. The quantitative estimate of drug-likeness (QED) is 0.623. The van der Waals surface area contributed by atoms with E-state index in [0.29, 0.717) is 13.2 Å². The summed E-state index contributed by atoms with van der Waals surface area (Å²) in [7, 11) is 3.55. The lowest BCUT2D eigenvalue weighted by atomic mass is 10.2. The number of nitrogens with one attached hydrogen (secondary N) is 2. The smallest absolute Gasteiger partial charge is 0.236 e. The summed E-state index contributed by atoms with van der Waals surface area (Å²) in [5, 5.41) is 10.3. The lowest BCUT2D eigenvalue weighted by molar-refractivity contribution is -0.122. The molecule has 0 saturated heterocycles. The van der Waals surface area contributed by atoms with E-state index in [1.165, 1.54) is 0 Å². The van der Waals surface area contributed by atoms with E-state index in [4.69, 9.17) is 4.74 Å². The molecule has 0 aliphatic heterocycles. The molecule has 1 rings (SSSR count). The Bertz CT molecular complexity index is 378. The molecular weight excluding hydrogens is 244 g/mol. The van der Waals surface area contributed by atoms with Gasteiger partial charge in [0.15, 0.2) is 0 Å². The number of methoxy groups -OCH3 is 1. The fourth-order valence-corrected chi connectivity index (χ4v) is 1.69. The van der Waals surface area contributed by atoms with Crippen LogP contribution >= 0.6 is 0 Å². The molecule has 1 amide bonds. The van der Waals surface area contributed by atoms with Gasteiger partial charge in [0, 0.05) is 46.5 Å². The Labute approximate surface area is 114 Å². The topological polar surface area (TPSA) is 68.2 Å². The molecule has 0 saturated carbocycles. The van der Waals surface area contributed by atoms with Crippen LogP contribution in [0.5, 0.6) is 0 Å². The van der Waals surface area contributed by atoms with Gasteiger partial charge in [-0.15, -0.1) is 0 Å². The van der Waals surface area contributed by atoms with Crippen LogP contribution in [-0.4, -0.2) is 48.5 Å². The monoisotopic (exact) mass is 268 g/mol. The Morgan fingerprint density at radius 1 is 1.53 bits per heavy atom. The van der Waals surface area contributed by atoms with Crippen molar-refractivity contribution >= 4 is 5.91 Å². The van der Waals surface area contributed by atoms with E-state index >= 15 is 0 Å². The van der Waals surface area contributed by atoms with Crippen LogP contribution in [0, 0.1) is 0 Å². The highest BCUT2D eigenvalue weighted by Crippen LogP contribution is 1.94. The van der Waals surface area contributed by atoms with Crippen molar-refractivity contribution in [3.05, 3.63) is 18.0 Å². The maximum atomic E-state index is 11.7. The minimum absolute atomic E-state index is 0.0251. The molecule has 0 spiro atoms. The minimum atomic E-state index is -0.189. The molecule has 1 aromatic rings. The van der Waals surface area contributed by atoms with E-state index in [1.807, 2.05) is 26.2 Å². The van der Waals surface area contributed by atoms with E-state index < -0.39 is 0 Å². The molecule has 108 valence electrons. The van der Waals surface area contributed by atoms with Gasteiger partial charge in [0.25, 0.3) is 0 Å². The summed E-state index contributed by atoms with van der Waals surface area (Å²) in [6.45, 7) is 3.93. The molecule has 1 aromatic heterocycles. The number of carbonyl (C=O) groups excluding carboxylic acids is 1. The van der Waals surface area contributed by atoms with E-state index in [1.54, 1.807) is 11.8 Å². The average molecular weight is 268 g/mol. The van der Waals surface area contributed by atoms with Crippen LogP contribution in [0.3, 0.4) is 0 Å². The molecule has 6 nitrogen and oxygen atoms in total. The Morgan fingerprint density at radius 2 is 2.32 bits per heavy atom. The van der Waals surface area contributed by atoms with Crippen LogP contribution in [0.25, 0.3) is 0 Å². The first kappa shape index (κ1) is 15.7. The van der Waals surface area contributed by atoms with Gasteiger partial charge in [-0.25, -0.2) is 0 Å². The first-order valence-electron chi connectivity index (χ1n) is 6.62. The van der Waals surface area contributed by atoms with Crippen LogP contribution in [0.2, 0.25) is 0 Å². The first-order valence-corrected chi connectivity index (χ1v) is 6.62. The number of hydrogen-bond donors (Lipinski definition) is 2. The highest BCUT2D eigenvalue weighted by molar-refractivity contribution is 5.81. The van der Waals surface area contributed by atoms with E-state index in [2.05, 4.69) is 15.7 Å². The van der Waals surface area contributed by atoms with Crippen molar-refractivity contribution in [3.63, 3.8) is 0 Å². The standard InChI is InChI=1S/C13H24N4O2/c1-11(13(18)15-7-4-10-19-3)14-8-5-12-6-9-17(2)16-12/h6,9,11,14H,4-5,7-8,10H2,1-3H3,(H,15,18). The van der Waals surface area contributed by atoms with Gasteiger partial charge >= 0.3 is 0 Å². The van der Waals surface area contributed by atoms with Gasteiger partial charge in [-0.1, -0.05) is 0 Å². The largest absolute Gasteiger partial charge is 0.385 e. The molecule has 0 aromatic carbocycles. The molecular formula is C13H24N4O2. The van der Waals surface area contributed by atoms with Crippen LogP contribution in [-0.2, 0) is 23.0 Å². The fourth-order valence-electron chi connectivity index (χ4n) is 1.69. The molecule has 6 heteroatoms. The summed E-state index contributed by atoms with van der Waals surface area (Å²) < 4.78 is 6.70. The number of ether oxygens (including phenoxy) is 1. The Morgan fingerprint density at radius 3 is 2.95 bits per heavy atom. The molecule has 1 heterocycles. The van der Waals surface area contributed by atoms with Crippen LogP contribution in [0.15, 0.2) is 12.3 Å². The van der Waals surface area contributed by atoms with Crippen LogP contribution in [0.1, 0.15) is 19.0 Å². The normalized spacial score (nSPS) is 12.4. The zero-order valence-corrected chi connectivity index (χ0v) is 12.0. The van der Waals surface area contributed by atoms with Crippen LogP contribution in [0.4, 0.5) is 0 Å². The lowest BCUT2D eigenvalue weighted by Crippen LogP contribution is -2.43. The van der Waals surface area contributed by atoms with E-state index in [-0.39, 0.29) is 11.9 Å². The lowest BCUT2D eigenvalue weighted by Gasteiger charge is -2.13. The number of hydrogen-bond acceptors (Lipinski definition) is 4. The van der Waals surface area contributed by atoms with Crippen molar-refractivity contribution in [1.82, 2.24) is 20.4 Å². The first-order chi connectivity index (χ1) is 9.13. The highest BCUT2D eigenvalue weighted by atomic mass is 16.5. The van der Waals surface area contributed by atoms with Crippen molar-refractivity contribution < 1.29 is 9.53 Å².